The maximum atomic E-state index is 8.58. The van der Waals surface area contributed by atoms with Gasteiger partial charge in [-0.05, 0) is 26.0 Å². The van der Waals surface area contributed by atoms with Crippen molar-refractivity contribution in [2.45, 2.75) is 13.8 Å². The fraction of sp³-hybridized carbons (Fsp3) is 0.273. The average molecular weight is 248 g/mol. The molecule has 0 spiro atoms. The van der Waals surface area contributed by atoms with E-state index in [2.05, 4.69) is 20.1 Å². The summed E-state index contributed by atoms with van der Waals surface area (Å²) in [5, 5.41) is 0. The molecule has 0 aliphatic rings. The van der Waals surface area contributed by atoms with Gasteiger partial charge in [0.05, 0.1) is 6.61 Å². The van der Waals surface area contributed by atoms with Crippen LogP contribution in [0, 0.1) is 6.92 Å². The third-order valence-electron chi connectivity index (χ3n) is 1.33. The monoisotopic (exact) mass is 248 g/mol. The molecule has 0 fully saturated rings. The Morgan fingerprint density at radius 3 is 2.07 bits per heavy atom. The van der Waals surface area contributed by atoms with Gasteiger partial charge in [0.15, 0.2) is 0 Å². The van der Waals surface area contributed by atoms with Gasteiger partial charge in [0.25, 0.3) is 0 Å². The third kappa shape index (κ3) is 11.0. The van der Waals surface area contributed by atoms with Crippen LogP contribution in [0.4, 0.5) is 0 Å². The summed E-state index contributed by atoms with van der Waals surface area (Å²) in [7, 11) is 0. The van der Waals surface area contributed by atoms with E-state index >= 15 is 0 Å². The van der Waals surface area contributed by atoms with Gasteiger partial charge in [0.2, 0.25) is 0 Å². The van der Waals surface area contributed by atoms with Crippen LogP contribution in [0.2, 0.25) is 0 Å². The molecule has 0 unspecified atom stereocenters. The fourth-order valence-corrected chi connectivity index (χ4v) is 0.801. The van der Waals surface area contributed by atoms with Crippen molar-refractivity contribution in [1.29, 1.82) is 0 Å². The van der Waals surface area contributed by atoms with Crippen LogP contribution in [0.15, 0.2) is 37.4 Å². The first-order valence-corrected chi connectivity index (χ1v) is 5.60. The van der Waals surface area contributed by atoms with E-state index in [4.69, 9.17) is 12.4 Å². The molecule has 4 heteroatoms. The van der Waals surface area contributed by atoms with Gasteiger partial charge in [0.1, 0.15) is 5.75 Å². The van der Waals surface area contributed by atoms with Gasteiger partial charge in [-0.3, -0.25) is 0 Å². The van der Waals surface area contributed by atoms with Crippen LogP contribution < -0.4 is 4.74 Å². The molecule has 0 amide bonds. The quantitative estimate of drug-likeness (QED) is 0.818. The second-order valence-corrected chi connectivity index (χ2v) is 2.58. The predicted octanol–water partition coefficient (Wildman–Crippen LogP) is 2.52. The van der Waals surface area contributed by atoms with Gasteiger partial charge in [-0.15, -0.1) is 13.2 Å². The van der Waals surface area contributed by atoms with E-state index in [0.717, 1.165) is 12.4 Å². The summed E-state index contributed by atoms with van der Waals surface area (Å²) in [5.41, 5.74) is 1.27. The minimum atomic E-state index is -1.56. The Bertz CT molecular complexity index is 247. The van der Waals surface area contributed by atoms with Crippen molar-refractivity contribution >= 4 is 0 Å². The summed E-state index contributed by atoms with van der Waals surface area (Å²) < 4.78 is 20.9. The van der Waals surface area contributed by atoms with Crippen LogP contribution in [-0.2, 0) is 20.3 Å². The van der Waals surface area contributed by atoms with Crippen molar-refractivity contribution < 1.29 is 29.0 Å². The normalized spacial score (nSPS) is 7.40. The Morgan fingerprint density at radius 1 is 1.33 bits per heavy atom. The number of ether oxygens (including phenoxy) is 1. The summed E-state index contributed by atoms with van der Waals surface area (Å²) in [6.45, 7) is 10.8. The van der Waals surface area contributed by atoms with Crippen molar-refractivity contribution in [2.24, 2.45) is 0 Å². The molecular weight excluding hydrogens is 231 g/mol. The first-order chi connectivity index (χ1) is 7.24. The molecule has 0 aliphatic heterocycles. The molecule has 0 saturated heterocycles. The number of hydrogen-bond donors (Lipinski definition) is 1. The molecule has 0 aromatic heterocycles. The second-order valence-electron chi connectivity index (χ2n) is 2.33. The van der Waals surface area contributed by atoms with Crippen molar-refractivity contribution in [1.82, 2.24) is 0 Å². The van der Waals surface area contributed by atoms with Crippen LogP contribution >= 0.6 is 0 Å². The van der Waals surface area contributed by atoms with Crippen molar-refractivity contribution in [2.75, 3.05) is 6.61 Å². The molecule has 0 atom stereocenters. The van der Waals surface area contributed by atoms with E-state index < -0.39 is 16.6 Å². The zero-order valence-corrected chi connectivity index (χ0v) is 10.5. The first-order valence-electron chi connectivity index (χ1n) is 4.40. The number of rotatable bonds is 2. The van der Waals surface area contributed by atoms with Crippen LogP contribution in [0.5, 0.6) is 5.75 Å². The van der Waals surface area contributed by atoms with Crippen molar-refractivity contribution in [3.63, 3.8) is 0 Å². The Balaban J connectivity index is 0. The molecule has 1 aromatic carbocycles. The zero-order valence-electron chi connectivity index (χ0n) is 9.14. The molecule has 0 aliphatic carbocycles. The summed E-state index contributed by atoms with van der Waals surface area (Å²) >= 11 is -1.56. The molecule has 15 heavy (non-hydrogen) atoms. The Morgan fingerprint density at radius 2 is 1.73 bits per heavy atom. The zero-order chi connectivity index (χ0) is 12.1. The number of aryl methyl sites for hydroxylation is 1. The second kappa shape index (κ2) is 13.1. The van der Waals surface area contributed by atoms with Crippen LogP contribution in [0.25, 0.3) is 0 Å². The molecule has 84 valence electrons. The Hall–Kier alpha value is -0.896. The molecule has 3 nitrogen and oxygen atoms in total. The van der Waals surface area contributed by atoms with E-state index in [-0.39, 0.29) is 0 Å². The molecule has 0 saturated carbocycles. The molecular formula is C11H17O3V. The molecule has 1 rings (SSSR count). The van der Waals surface area contributed by atoms with Gasteiger partial charge in [0, 0.05) is 0 Å². The van der Waals surface area contributed by atoms with Crippen LogP contribution in [0.3, 0.4) is 0 Å². The van der Waals surface area contributed by atoms with E-state index in [9.17, 15) is 0 Å². The van der Waals surface area contributed by atoms with Crippen molar-refractivity contribution in [3.8, 4) is 5.75 Å². The minimum absolute atomic E-state index is 0.739. The van der Waals surface area contributed by atoms with Crippen LogP contribution in [-0.4, -0.2) is 10.6 Å². The SMILES string of the molecule is C=C.CCOc1ccc(C)cc1.[O]=[V][OH]. The van der Waals surface area contributed by atoms with E-state index in [1.54, 1.807) is 0 Å². The fourth-order valence-electron chi connectivity index (χ4n) is 0.801. The third-order valence-corrected chi connectivity index (χ3v) is 1.33. The van der Waals surface area contributed by atoms with E-state index in [1.807, 2.05) is 31.2 Å². The van der Waals surface area contributed by atoms with Gasteiger partial charge < -0.3 is 4.74 Å². The Kier molecular flexibility index (Phi) is 14.4. The predicted molar refractivity (Wildman–Crippen MR) is 56.5 cm³/mol. The van der Waals surface area contributed by atoms with Crippen LogP contribution in [0.1, 0.15) is 12.5 Å². The molecule has 1 N–H and O–H groups in total. The molecule has 0 heterocycles. The number of hydrogen-bond acceptors (Lipinski definition) is 2. The first kappa shape index (κ1) is 16.5. The summed E-state index contributed by atoms with van der Waals surface area (Å²) in [5.74, 6) is 0.952. The average Bonchev–Trinajstić information content (AvgIpc) is 2.26. The summed E-state index contributed by atoms with van der Waals surface area (Å²) in [4.78, 5) is 0. The standard InChI is InChI=1S/C9H12O.C2H4.H2O.O.V/c1-3-10-9-6-4-8(2)5-7-9;1-2;;;/h4-7H,3H2,1-2H3;1-2H2;1H2;;/q;;;;+1/p-1. The van der Waals surface area contributed by atoms with Gasteiger partial charge >= 0.3 is 24.3 Å². The summed E-state index contributed by atoms with van der Waals surface area (Å²) in [6, 6.07) is 8.06. The molecule has 0 radical (unpaired) electrons. The molecule has 1 aromatic rings. The molecule has 0 bridgehead atoms. The van der Waals surface area contributed by atoms with Gasteiger partial charge in [-0.25, -0.2) is 0 Å². The number of benzene rings is 1. The van der Waals surface area contributed by atoms with E-state index in [1.165, 1.54) is 5.56 Å². The van der Waals surface area contributed by atoms with Gasteiger partial charge in [-0.2, -0.15) is 0 Å². The summed E-state index contributed by atoms with van der Waals surface area (Å²) in [6.07, 6.45) is 0. The van der Waals surface area contributed by atoms with Gasteiger partial charge in [-0.1, -0.05) is 17.7 Å². The van der Waals surface area contributed by atoms with E-state index in [0.29, 0.717) is 0 Å². The topological polar surface area (TPSA) is 46.5 Å². The maximum absolute atomic E-state index is 8.58. The van der Waals surface area contributed by atoms with Crippen molar-refractivity contribution in [3.05, 3.63) is 43.0 Å². The Labute approximate surface area is 98.4 Å².